The van der Waals surface area contributed by atoms with Crippen molar-refractivity contribution >= 4 is 21.4 Å². The minimum absolute atomic E-state index is 0.189. The van der Waals surface area contributed by atoms with Gasteiger partial charge in [0.25, 0.3) is 0 Å². The largest absolute Gasteiger partial charge is 0.309 e. The van der Waals surface area contributed by atoms with Crippen LogP contribution in [0.3, 0.4) is 0 Å². The molecule has 1 saturated heterocycles. The summed E-state index contributed by atoms with van der Waals surface area (Å²) in [6.07, 6.45) is 2.13. The van der Waals surface area contributed by atoms with Crippen molar-refractivity contribution in [2.24, 2.45) is 0 Å². The van der Waals surface area contributed by atoms with E-state index in [-0.39, 0.29) is 5.75 Å². The Bertz CT molecular complexity index is 577. The van der Waals surface area contributed by atoms with Crippen LogP contribution in [0.2, 0.25) is 5.02 Å². The van der Waals surface area contributed by atoms with Crippen LogP contribution in [-0.2, 0) is 9.84 Å². The number of benzene rings is 1. The van der Waals surface area contributed by atoms with Gasteiger partial charge in [0.05, 0.1) is 17.0 Å². The Morgan fingerprint density at radius 2 is 2.20 bits per heavy atom. The van der Waals surface area contributed by atoms with Crippen molar-refractivity contribution in [2.45, 2.75) is 37.5 Å². The van der Waals surface area contributed by atoms with E-state index in [0.29, 0.717) is 30.0 Å². The van der Waals surface area contributed by atoms with E-state index in [1.807, 2.05) is 6.92 Å². The molecule has 1 fully saturated rings. The highest BCUT2D eigenvalue weighted by Gasteiger charge is 2.37. The Labute approximate surface area is 124 Å². The Hall–Kier alpha value is -0.650. The van der Waals surface area contributed by atoms with Crippen LogP contribution in [0.5, 0.6) is 0 Å². The molecule has 112 valence electrons. The zero-order valence-corrected chi connectivity index (χ0v) is 13.0. The zero-order chi connectivity index (χ0) is 14.8. The summed E-state index contributed by atoms with van der Waals surface area (Å²) < 4.78 is 38.6. The molecular weight excluding hydrogens is 301 g/mol. The van der Waals surface area contributed by atoms with Gasteiger partial charge in [-0.15, -0.1) is 0 Å². The van der Waals surface area contributed by atoms with Crippen molar-refractivity contribution < 1.29 is 12.8 Å². The lowest BCUT2D eigenvalue weighted by Gasteiger charge is -2.31. The molecule has 20 heavy (non-hydrogen) atoms. The molecule has 0 radical (unpaired) electrons. The third kappa shape index (κ3) is 3.32. The lowest BCUT2D eigenvalue weighted by Crippen LogP contribution is -2.41. The molecule has 0 saturated carbocycles. The highest BCUT2D eigenvalue weighted by atomic mass is 35.5. The van der Waals surface area contributed by atoms with Gasteiger partial charge in [0.1, 0.15) is 5.82 Å². The molecule has 0 aliphatic carbocycles. The summed E-state index contributed by atoms with van der Waals surface area (Å²) in [5.41, 5.74) is 0.381. The minimum atomic E-state index is -3.18. The normalized spacial score (nSPS) is 23.4. The fourth-order valence-corrected chi connectivity index (χ4v) is 5.02. The monoisotopic (exact) mass is 319 g/mol. The summed E-state index contributed by atoms with van der Waals surface area (Å²) in [5.74, 6) is -0.265. The molecule has 1 aliphatic heterocycles. The molecule has 2 rings (SSSR count). The van der Waals surface area contributed by atoms with Crippen LogP contribution >= 0.6 is 11.6 Å². The third-order valence-electron chi connectivity index (χ3n) is 3.72. The molecular formula is C14H19ClFNO2S. The fourth-order valence-electron chi connectivity index (χ4n) is 2.77. The Morgan fingerprint density at radius 1 is 1.45 bits per heavy atom. The van der Waals surface area contributed by atoms with E-state index in [9.17, 15) is 12.8 Å². The van der Waals surface area contributed by atoms with Gasteiger partial charge >= 0.3 is 0 Å². The van der Waals surface area contributed by atoms with Gasteiger partial charge in [-0.2, -0.15) is 0 Å². The number of sulfone groups is 1. The van der Waals surface area contributed by atoms with E-state index in [0.717, 1.165) is 6.42 Å². The number of hydrogen-bond acceptors (Lipinski definition) is 3. The van der Waals surface area contributed by atoms with Crippen LogP contribution in [0.1, 0.15) is 37.8 Å². The maximum atomic E-state index is 14.1. The molecule has 1 aromatic rings. The maximum Gasteiger partial charge on any atom is 0.155 e. The van der Waals surface area contributed by atoms with Crippen molar-refractivity contribution in [2.75, 3.05) is 12.3 Å². The van der Waals surface area contributed by atoms with Crippen LogP contribution in [0.15, 0.2) is 18.2 Å². The molecule has 1 N–H and O–H groups in total. The van der Waals surface area contributed by atoms with E-state index in [4.69, 9.17) is 11.6 Å². The molecule has 0 amide bonds. The van der Waals surface area contributed by atoms with Crippen LogP contribution in [0, 0.1) is 5.82 Å². The Morgan fingerprint density at radius 3 is 2.80 bits per heavy atom. The molecule has 0 aromatic heterocycles. The second-order valence-corrected chi connectivity index (χ2v) is 7.88. The summed E-state index contributed by atoms with van der Waals surface area (Å²) in [6, 6.07) is 3.90. The molecule has 2 atom stereocenters. The van der Waals surface area contributed by atoms with Gasteiger partial charge in [-0.05, 0) is 31.5 Å². The lowest BCUT2D eigenvalue weighted by atomic mass is 9.99. The first kappa shape index (κ1) is 15.7. The first-order chi connectivity index (χ1) is 9.45. The summed E-state index contributed by atoms with van der Waals surface area (Å²) in [4.78, 5) is 0. The van der Waals surface area contributed by atoms with E-state index < -0.39 is 26.9 Å². The maximum absolute atomic E-state index is 14.1. The standard InChI is InChI=1S/C14H19ClFNO2S/c1-2-17-14(11-7-6-10(15)9-12(11)16)13-5-3-4-8-20(13,18)19/h6-7,9,13-14,17H,2-5,8H2,1H3. The second kappa shape index (κ2) is 6.41. The molecule has 6 heteroatoms. The molecule has 0 bridgehead atoms. The smallest absolute Gasteiger partial charge is 0.155 e. The molecule has 1 aliphatic rings. The van der Waals surface area contributed by atoms with Gasteiger partial charge in [0.2, 0.25) is 0 Å². The predicted molar refractivity (Wildman–Crippen MR) is 79.3 cm³/mol. The van der Waals surface area contributed by atoms with Crippen LogP contribution in [0.4, 0.5) is 4.39 Å². The molecule has 0 spiro atoms. The fraction of sp³-hybridized carbons (Fsp3) is 0.571. The van der Waals surface area contributed by atoms with E-state index in [1.165, 1.54) is 6.07 Å². The summed E-state index contributed by atoms with van der Waals surface area (Å²) in [6.45, 7) is 2.47. The van der Waals surface area contributed by atoms with Gasteiger partial charge in [-0.25, -0.2) is 12.8 Å². The number of rotatable bonds is 4. The third-order valence-corrected chi connectivity index (χ3v) is 6.25. The average molecular weight is 320 g/mol. The zero-order valence-electron chi connectivity index (χ0n) is 11.4. The van der Waals surface area contributed by atoms with E-state index in [2.05, 4.69) is 5.32 Å². The van der Waals surface area contributed by atoms with Gasteiger partial charge < -0.3 is 5.32 Å². The number of halogens is 2. The number of hydrogen-bond donors (Lipinski definition) is 1. The Balaban J connectivity index is 2.40. The van der Waals surface area contributed by atoms with Crippen LogP contribution in [0.25, 0.3) is 0 Å². The SMILES string of the molecule is CCNC(c1ccc(Cl)cc1F)C1CCCCS1(=O)=O. The van der Waals surface area contributed by atoms with Gasteiger partial charge in [0, 0.05) is 10.6 Å². The first-order valence-corrected chi connectivity index (χ1v) is 8.95. The van der Waals surface area contributed by atoms with Gasteiger partial charge in [-0.1, -0.05) is 31.0 Å². The number of nitrogens with one attached hydrogen (secondary N) is 1. The first-order valence-electron chi connectivity index (χ1n) is 6.85. The predicted octanol–water partition coefficient (Wildman–Crippen LogP) is 3.10. The average Bonchev–Trinajstić information content (AvgIpc) is 2.37. The quantitative estimate of drug-likeness (QED) is 0.927. The highest BCUT2D eigenvalue weighted by molar-refractivity contribution is 7.92. The van der Waals surface area contributed by atoms with Crippen molar-refractivity contribution in [3.63, 3.8) is 0 Å². The topological polar surface area (TPSA) is 46.2 Å². The molecule has 2 unspecified atom stereocenters. The van der Waals surface area contributed by atoms with Crippen LogP contribution in [-0.4, -0.2) is 26.0 Å². The van der Waals surface area contributed by atoms with Crippen molar-refractivity contribution in [1.29, 1.82) is 0 Å². The van der Waals surface area contributed by atoms with Crippen molar-refractivity contribution in [1.82, 2.24) is 5.32 Å². The van der Waals surface area contributed by atoms with Crippen LogP contribution < -0.4 is 5.32 Å². The van der Waals surface area contributed by atoms with Crippen molar-refractivity contribution in [3.05, 3.63) is 34.6 Å². The highest BCUT2D eigenvalue weighted by Crippen LogP contribution is 2.32. The van der Waals surface area contributed by atoms with Crippen molar-refractivity contribution in [3.8, 4) is 0 Å². The molecule has 1 aromatic carbocycles. The Kier molecular flexibility index (Phi) is 5.04. The van der Waals surface area contributed by atoms with Gasteiger partial charge in [-0.3, -0.25) is 0 Å². The van der Waals surface area contributed by atoms with Gasteiger partial charge in [0.15, 0.2) is 9.84 Å². The van der Waals surface area contributed by atoms with E-state index in [1.54, 1.807) is 12.1 Å². The second-order valence-electron chi connectivity index (χ2n) is 5.10. The minimum Gasteiger partial charge on any atom is -0.309 e. The molecule has 1 heterocycles. The summed E-state index contributed by atoms with van der Waals surface area (Å²) >= 11 is 5.76. The summed E-state index contributed by atoms with van der Waals surface area (Å²) in [7, 11) is -3.18. The molecule has 3 nitrogen and oxygen atoms in total. The van der Waals surface area contributed by atoms with E-state index >= 15 is 0 Å². The summed E-state index contributed by atoms with van der Waals surface area (Å²) in [5, 5.41) is 2.87. The lowest BCUT2D eigenvalue weighted by molar-refractivity contribution is 0.440.